The van der Waals surface area contributed by atoms with Gasteiger partial charge in [0.15, 0.2) is 6.04 Å². The zero-order valence-corrected chi connectivity index (χ0v) is 30.5. The molecular formula is C35H68NO10P. The number of rotatable bonds is 35. The number of esters is 1. The predicted octanol–water partition coefficient (Wildman–Crippen LogP) is 8.39. The van der Waals surface area contributed by atoms with Crippen LogP contribution in [0.25, 0.3) is 0 Å². The maximum Gasteiger partial charge on any atom is 0.472 e. The second-order valence-corrected chi connectivity index (χ2v) is 14.2. The van der Waals surface area contributed by atoms with Crippen LogP contribution >= 0.6 is 7.82 Å². The molecule has 47 heavy (non-hydrogen) atoms. The smallest absolute Gasteiger partial charge is 0.472 e. The highest BCUT2D eigenvalue weighted by atomic mass is 31.2. The summed E-state index contributed by atoms with van der Waals surface area (Å²) in [5.41, 5.74) is 0. The monoisotopic (exact) mass is 693 g/mol. The van der Waals surface area contributed by atoms with Gasteiger partial charge in [0.2, 0.25) is 5.91 Å². The van der Waals surface area contributed by atoms with Crippen LogP contribution in [-0.4, -0.2) is 64.9 Å². The maximum atomic E-state index is 12.2. The summed E-state index contributed by atoms with van der Waals surface area (Å²) in [5, 5.41) is 21.6. The highest BCUT2D eigenvalue weighted by Gasteiger charge is 2.28. The average molecular weight is 694 g/mol. The summed E-state index contributed by atoms with van der Waals surface area (Å²) in [6, 6.07) is -1.54. The van der Waals surface area contributed by atoms with Crippen LogP contribution in [0, 0.1) is 0 Å². The Morgan fingerprint density at radius 1 is 0.596 bits per heavy atom. The number of carbonyl (C=O) groups is 3. The number of amides is 1. The van der Waals surface area contributed by atoms with Crippen molar-refractivity contribution < 1.29 is 47.8 Å². The van der Waals surface area contributed by atoms with E-state index in [0.29, 0.717) is 12.8 Å². The molecule has 12 heteroatoms. The second kappa shape index (κ2) is 31.7. The first-order valence-corrected chi connectivity index (χ1v) is 20.1. The van der Waals surface area contributed by atoms with Crippen molar-refractivity contribution >= 4 is 25.7 Å². The minimum Gasteiger partial charge on any atom is -0.480 e. The zero-order chi connectivity index (χ0) is 35.0. The van der Waals surface area contributed by atoms with E-state index in [-0.39, 0.29) is 12.8 Å². The summed E-state index contributed by atoms with van der Waals surface area (Å²) in [4.78, 5) is 45.4. The van der Waals surface area contributed by atoms with Gasteiger partial charge in [-0.3, -0.25) is 18.6 Å². The van der Waals surface area contributed by atoms with E-state index in [1.807, 2.05) is 0 Å². The number of carboxylic acid groups (broad SMARTS) is 1. The van der Waals surface area contributed by atoms with Crippen molar-refractivity contribution in [3.05, 3.63) is 0 Å². The number of carbonyl (C=O) groups excluding carboxylic acids is 2. The summed E-state index contributed by atoms with van der Waals surface area (Å²) in [6.07, 6.45) is 26.0. The Morgan fingerprint density at radius 3 is 1.40 bits per heavy atom. The molecule has 0 fully saturated rings. The number of ether oxygens (including phenoxy) is 1. The van der Waals surface area contributed by atoms with Gasteiger partial charge in [-0.2, -0.15) is 0 Å². The van der Waals surface area contributed by atoms with Crippen molar-refractivity contribution in [2.75, 3.05) is 19.8 Å². The molecule has 11 nitrogen and oxygen atoms in total. The summed E-state index contributed by atoms with van der Waals surface area (Å²) in [7, 11) is -4.73. The number of phosphoric ester groups is 1. The fourth-order valence-corrected chi connectivity index (χ4v) is 5.97. The molecule has 1 amide bonds. The van der Waals surface area contributed by atoms with Crippen molar-refractivity contribution in [3.63, 3.8) is 0 Å². The van der Waals surface area contributed by atoms with Gasteiger partial charge in [0, 0.05) is 12.8 Å². The minimum atomic E-state index is -4.73. The summed E-state index contributed by atoms with van der Waals surface area (Å²) < 4.78 is 26.6. The molecule has 0 aliphatic rings. The SMILES string of the molecule is CCCCCCCCCCCCCCCCCCCC(=O)NC(COP(=O)(O)OCC(O)COC(=O)CCCCCCCC)C(=O)O. The Hall–Kier alpha value is -1.52. The van der Waals surface area contributed by atoms with Gasteiger partial charge >= 0.3 is 19.8 Å². The fourth-order valence-electron chi connectivity index (χ4n) is 5.20. The molecule has 0 aromatic rings. The Morgan fingerprint density at radius 2 is 0.979 bits per heavy atom. The Kier molecular flexibility index (Phi) is 30.7. The fraction of sp³-hybridized carbons (Fsp3) is 0.914. The van der Waals surface area contributed by atoms with Crippen LogP contribution in [0.5, 0.6) is 0 Å². The third kappa shape index (κ3) is 31.5. The van der Waals surface area contributed by atoms with E-state index in [0.717, 1.165) is 44.9 Å². The highest BCUT2D eigenvalue weighted by molar-refractivity contribution is 7.47. The molecule has 3 atom stereocenters. The van der Waals surface area contributed by atoms with E-state index in [9.17, 15) is 34.1 Å². The predicted molar refractivity (Wildman–Crippen MR) is 185 cm³/mol. The van der Waals surface area contributed by atoms with E-state index in [2.05, 4.69) is 19.2 Å². The number of hydrogen-bond donors (Lipinski definition) is 4. The number of unbranched alkanes of at least 4 members (excludes halogenated alkanes) is 21. The molecule has 0 aliphatic carbocycles. The van der Waals surface area contributed by atoms with Crippen molar-refractivity contribution in [2.45, 2.75) is 187 Å². The van der Waals surface area contributed by atoms with Crippen molar-refractivity contribution in [1.29, 1.82) is 0 Å². The van der Waals surface area contributed by atoms with Gasteiger partial charge in [-0.1, -0.05) is 149 Å². The first kappa shape index (κ1) is 45.5. The van der Waals surface area contributed by atoms with Crippen LogP contribution in [0.3, 0.4) is 0 Å². The largest absolute Gasteiger partial charge is 0.480 e. The third-order valence-electron chi connectivity index (χ3n) is 8.15. The Bertz CT molecular complexity index is 828. The van der Waals surface area contributed by atoms with Gasteiger partial charge in [0.05, 0.1) is 13.2 Å². The number of aliphatic hydroxyl groups is 1. The number of aliphatic hydroxyl groups excluding tert-OH is 1. The van der Waals surface area contributed by atoms with Gasteiger partial charge in [0.25, 0.3) is 0 Å². The molecule has 0 bridgehead atoms. The number of aliphatic carboxylic acids is 1. The molecule has 0 spiro atoms. The van der Waals surface area contributed by atoms with Crippen molar-refractivity contribution in [3.8, 4) is 0 Å². The number of hydrogen-bond acceptors (Lipinski definition) is 8. The molecule has 278 valence electrons. The van der Waals surface area contributed by atoms with Gasteiger partial charge in [-0.25, -0.2) is 9.36 Å². The lowest BCUT2D eigenvalue weighted by Crippen LogP contribution is -2.43. The molecule has 0 aromatic heterocycles. The van der Waals surface area contributed by atoms with Gasteiger partial charge in [-0.05, 0) is 12.8 Å². The van der Waals surface area contributed by atoms with Crippen LogP contribution < -0.4 is 5.32 Å². The van der Waals surface area contributed by atoms with Crippen LogP contribution in [0.15, 0.2) is 0 Å². The molecule has 0 rings (SSSR count). The summed E-state index contributed by atoms with van der Waals surface area (Å²) in [5.74, 6) is -2.37. The topological polar surface area (TPSA) is 169 Å². The molecule has 3 unspecified atom stereocenters. The molecule has 0 radical (unpaired) electrons. The van der Waals surface area contributed by atoms with Gasteiger partial charge < -0.3 is 25.2 Å². The zero-order valence-electron chi connectivity index (χ0n) is 29.6. The van der Waals surface area contributed by atoms with Crippen LogP contribution in [0.2, 0.25) is 0 Å². The molecule has 0 aliphatic heterocycles. The standard InChI is InChI=1S/C35H68NO10P/c1-3-5-7-9-11-12-13-14-15-16-17-18-19-20-21-22-24-26-33(38)36-32(35(40)41)30-46-47(42,43)45-29-31(37)28-44-34(39)27-25-23-10-8-6-4-2/h31-32,37H,3-30H2,1-2H3,(H,36,38)(H,40,41)(H,42,43). The quantitative estimate of drug-likeness (QED) is 0.0287. The molecule has 0 heterocycles. The van der Waals surface area contributed by atoms with Crippen LogP contribution in [-0.2, 0) is 32.7 Å². The third-order valence-corrected chi connectivity index (χ3v) is 9.10. The molecule has 0 saturated carbocycles. The van der Waals surface area contributed by atoms with Crippen LogP contribution in [0.4, 0.5) is 0 Å². The molecule has 0 aromatic carbocycles. The lowest BCUT2D eigenvalue weighted by atomic mass is 10.0. The molecule has 0 saturated heterocycles. The Labute approximate surface area is 284 Å². The van der Waals surface area contributed by atoms with E-state index < -0.39 is 57.6 Å². The van der Waals surface area contributed by atoms with Crippen LogP contribution in [0.1, 0.15) is 174 Å². The lowest BCUT2D eigenvalue weighted by Gasteiger charge is -2.18. The minimum absolute atomic E-state index is 0.152. The van der Waals surface area contributed by atoms with Crippen molar-refractivity contribution in [1.82, 2.24) is 5.32 Å². The summed E-state index contributed by atoms with van der Waals surface area (Å²) in [6.45, 7) is 2.51. The second-order valence-electron chi connectivity index (χ2n) is 12.8. The number of carboxylic acids is 1. The van der Waals surface area contributed by atoms with Gasteiger partial charge in [-0.15, -0.1) is 0 Å². The number of nitrogens with one attached hydrogen (secondary N) is 1. The van der Waals surface area contributed by atoms with Gasteiger partial charge in [0.1, 0.15) is 12.7 Å². The maximum absolute atomic E-state index is 12.2. The average Bonchev–Trinajstić information content (AvgIpc) is 3.04. The molecular weight excluding hydrogens is 625 g/mol. The first-order chi connectivity index (χ1) is 22.6. The van der Waals surface area contributed by atoms with E-state index in [1.165, 1.54) is 89.9 Å². The Balaban J connectivity index is 3.91. The first-order valence-electron chi connectivity index (χ1n) is 18.6. The van der Waals surface area contributed by atoms with E-state index in [1.54, 1.807) is 0 Å². The van der Waals surface area contributed by atoms with Crippen molar-refractivity contribution in [2.24, 2.45) is 0 Å². The lowest BCUT2D eigenvalue weighted by molar-refractivity contribution is -0.147. The highest BCUT2D eigenvalue weighted by Crippen LogP contribution is 2.43. The number of phosphoric acid groups is 1. The normalized spacial score (nSPS) is 14.0. The van der Waals surface area contributed by atoms with E-state index >= 15 is 0 Å². The summed E-state index contributed by atoms with van der Waals surface area (Å²) >= 11 is 0. The molecule has 4 N–H and O–H groups in total. The van der Waals surface area contributed by atoms with E-state index in [4.69, 9.17) is 13.8 Å².